The summed E-state index contributed by atoms with van der Waals surface area (Å²) in [5.41, 5.74) is 2.67. The van der Waals surface area contributed by atoms with E-state index in [0.717, 1.165) is 13.0 Å². The minimum absolute atomic E-state index is 0.684. The Kier molecular flexibility index (Phi) is 4.23. The smallest absolute Gasteiger partial charge is 0.0503 e. The van der Waals surface area contributed by atoms with Crippen LogP contribution in [0.2, 0.25) is 0 Å². The van der Waals surface area contributed by atoms with Gasteiger partial charge in [-0.25, -0.2) is 0 Å². The highest BCUT2D eigenvalue weighted by molar-refractivity contribution is 5.52. The van der Waals surface area contributed by atoms with Gasteiger partial charge in [0, 0.05) is 18.8 Å². The van der Waals surface area contributed by atoms with Crippen LogP contribution < -0.4 is 5.32 Å². The molecule has 1 N–H and O–H groups in total. The fourth-order valence-electron chi connectivity index (χ4n) is 2.38. The molecule has 2 nitrogen and oxygen atoms in total. The number of para-hydroxylation sites is 1. The van der Waals surface area contributed by atoms with E-state index in [1.165, 1.54) is 36.9 Å². The van der Waals surface area contributed by atoms with Gasteiger partial charge in [0.2, 0.25) is 0 Å². The molecule has 88 valence electrons. The number of hydrogen-bond acceptors (Lipinski definition) is 2. The molecule has 0 radical (unpaired) electrons. The third kappa shape index (κ3) is 2.99. The highest BCUT2D eigenvalue weighted by Crippen LogP contribution is 2.24. The first kappa shape index (κ1) is 11.5. The lowest BCUT2D eigenvalue weighted by atomic mass is 10.1. The topological polar surface area (TPSA) is 21.3 Å². The Labute approximate surface area is 98.0 Å². The van der Waals surface area contributed by atoms with E-state index in [-0.39, 0.29) is 0 Å². The summed E-state index contributed by atoms with van der Waals surface area (Å²) in [6.07, 6.45) is 6.37. The summed E-state index contributed by atoms with van der Waals surface area (Å²) in [6, 6.07) is 9.27. The molecule has 0 heterocycles. The molecule has 2 heteroatoms. The molecule has 1 aromatic carbocycles. The second-order valence-electron chi connectivity index (χ2n) is 4.53. The molecule has 0 atom stereocenters. The van der Waals surface area contributed by atoms with E-state index < -0.39 is 0 Å². The van der Waals surface area contributed by atoms with Crippen LogP contribution in [0.15, 0.2) is 24.3 Å². The van der Waals surface area contributed by atoms with Crippen LogP contribution in [-0.2, 0) is 11.2 Å². The number of nitrogens with one attached hydrogen (secondary N) is 1. The van der Waals surface area contributed by atoms with Crippen LogP contribution >= 0.6 is 0 Å². The zero-order valence-corrected chi connectivity index (χ0v) is 10.0. The van der Waals surface area contributed by atoms with E-state index in [0.29, 0.717) is 6.04 Å². The predicted molar refractivity (Wildman–Crippen MR) is 67.9 cm³/mol. The van der Waals surface area contributed by atoms with Crippen LogP contribution in [0.25, 0.3) is 0 Å². The van der Waals surface area contributed by atoms with Crippen LogP contribution in [0, 0.1) is 0 Å². The predicted octanol–water partition coefficient (Wildman–Crippen LogP) is 3.23. The number of hydrogen-bond donors (Lipinski definition) is 1. The van der Waals surface area contributed by atoms with Crippen molar-refractivity contribution in [2.45, 2.75) is 38.1 Å². The van der Waals surface area contributed by atoms with Crippen molar-refractivity contribution in [1.29, 1.82) is 0 Å². The fourth-order valence-corrected chi connectivity index (χ4v) is 2.38. The van der Waals surface area contributed by atoms with Gasteiger partial charge in [-0.1, -0.05) is 31.0 Å². The van der Waals surface area contributed by atoms with Crippen molar-refractivity contribution < 1.29 is 4.74 Å². The highest BCUT2D eigenvalue weighted by atomic mass is 16.5. The van der Waals surface area contributed by atoms with Crippen LogP contribution in [0.3, 0.4) is 0 Å². The normalized spacial score (nSPS) is 16.6. The van der Waals surface area contributed by atoms with Crippen LogP contribution in [0.1, 0.15) is 31.2 Å². The Morgan fingerprint density at radius 1 is 1.25 bits per heavy atom. The van der Waals surface area contributed by atoms with Gasteiger partial charge in [0.1, 0.15) is 0 Å². The van der Waals surface area contributed by atoms with Gasteiger partial charge in [-0.2, -0.15) is 0 Å². The summed E-state index contributed by atoms with van der Waals surface area (Å²) in [6.45, 7) is 0.795. The van der Waals surface area contributed by atoms with Crippen molar-refractivity contribution >= 4 is 5.69 Å². The Hall–Kier alpha value is -1.02. The van der Waals surface area contributed by atoms with E-state index in [2.05, 4.69) is 29.6 Å². The quantitative estimate of drug-likeness (QED) is 0.821. The summed E-state index contributed by atoms with van der Waals surface area (Å²) in [4.78, 5) is 0. The van der Waals surface area contributed by atoms with Crippen molar-refractivity contribution in [2.75, 3.05) is 19.0 Å². The average Bonchev–Trinajstić information content (AvgIpc) is 2.81. The van der Waals surface area contributed by atoms with Crippen LogP contribution in [-0.4, -0.2) is 19.8 Å². The third-order valence-electron chi connectivity index (χ3n) is 3.31. The number of anilines is 1. The molecule has 1 aliphatic rings. The first-order valence-electron chi connectivity index (χ1n) is 6.23. The van der Waals surface area contributed by atoms with Crippen LogP contribution in [0.5, 0.6) is 0 Å². The van der Waals surface area contributed by atoms with Gasteiger partial charge in [0.25, 0.3) is 0 Å². The van der Waals surface area contributed by atoms with Crippen molar-refractivity contribution in [2.24, 2.45) is 0 Å². The summed E-state index contributed by atoms with van der Waals surface area (Å²) in [5.74, 6) is 0. The minimum atomic E-state index is 0.684. The number of methoxy groups -OCH3 is 1. The van der Waals surface area contributed by atoms with Crippen molar-refractivity contribution in [3.63, 3.8) is 0 Å². The average molecular weight is 219 g/mol. The summed E-state index contributed by atoms with van der Waals surface area (Å²) < 4.78 is 5.14. The Balaban J connectivity index is 2.00. The molecule has 0 bridgehead atoms. The van der Waals surface area contributed by atoms with Gasteiger partial charge in [0.05, 0.1) is 6.61 Å². The van der Waals surface area contributed by atoms with E-state index in [1.807, 2.05) is 0 Å². The van der Waals surface area contributed by atoms with Crippen molar-refractivity contribution in [1.82, 2.24) is 0 Å². The first-order chi connectivity index (χ1) is 7.90. The van der Waals surface area contributed by atoms with Gasteiger partial charge < -0.3 is 10.1 Å². The Bertz CT molecular complexity index is 318. The Morgan fingerprint density at radius 2 is 2.00 bits per heavy atom. The highest BCUT2D eigenvalue weighted by Gasteiger charge is 2.15. The first-order valence-corrected chi connectivity index (χ1v) is 6.23. The van der Waals surface area contributed by atoms with E-state index in [9.17, 15) is 0 Å². The third-order valence-corrected chi connectivity index (χ3v) is 3.31. The van der Waals surface area contributed by atoms with E-state index in [4.69, 9.17) is 4.74 Å². The molecule has 0 saturated heterocycles. The zero-order chi connectivity index (χ0) is 11.2. The van der Waals surface area contributed by atoms with E-state index >= 15 is 0 Å². The van der Waals surface area contributed by atoms with Gasteiger partial charge >= 0.3 is 0 Å². The second kappa shape index (κ2) is 5.90. The molecule has 1 fully saturated rings. The second-order valence-corrected chi connectivity index (χ2v) is 4.53. The largest absolute Gasteiger partial charge is 0.384 e. The SMILES string of the molecule is COCCc1ccccc1NC1CCCC1. The van der Waals surface area contributed by atoms with Gasteiger partial charge in [-0.15, -0.1) is 0 Å². The number of rotatable bonds is 5. The molecular weight excluding hydrogens is 198 g/mol. The standard InChI is InChI=1S/C14H21NO/c1-16-11-10-12-6-2-5-9-14(12)15-13-7-3-4-8-13/h2,5-6,9,13,15H,3-4,7-8,10-11H2,1H3. The van der Waals surface area contributed by atoms with Crippen LogP contribution in [0.4, 0.5) is 5.69 Å². The summed E-state index contributed by atoms with van der Waals surface area (Å²) in [7, 11) is 1.76. The van der Waals surface area contributed by atoms with Crippen molar-refractivity contribution in [3.8, 4) is 0 Å². The molecule has 1 aliphatic carbocycles. The molecule has 0 unspecified atom stereocenters. The maximum Gasteiger partial charge on any atom is 0.0503 e. The Morgan fingerprint density at radius 3 is 2.75 bits per heavy atom. The van der Waals surface area contributed by atoms with Gasteiger partial charge in [-0.3, -0.25) is 0 Å². The molecule has 16 heavy (non-hydrogen) atoms. The number of benzene rings is 1. The van der Waals surface area contributed by atoms with Crippen molar-refractivity contribution in [3.05, 3.63) is 29.8 Å². The molecule has 0 aliphatic heterocycles. The number of ether oxygens (including phenoxy) is 1. The molecule has 0 spiro atoms. The lowest BCUT2D eigenvalue weighted by Gasteiger charge is -2.16. The lowest BCUT2D eigenvalue weighted by Crippen LogP contribution is -2.16. The molecule has 0 amide bonds. The summed E-state index contributed by atoms with van der Waals surface area (Å²) in [5, 5.41) is 3.66. The van der Waals surface area contributed by atoms with Gasteiger partial charge in [-0.05, 0) is 30.9 Å². The maximum atomic E-state index is 5.14. The fraction of sp³-hybridized carbons (Fsp3) is 0.571. The van der Waals surface area contributed by atoms with E-state index in [1.54, 1.807) is 7.11 Å². The molecular formula is C14H21NO. The summed E-state index contributed by atoms with van der Waals surface area (Å²) >= 11 is 0. The monoisotopic (exact) mass is 219 g/mol. The minimum Gasteiger partial charge on any atom is -0.384 e. The maximum absolute atomic E-state index is 5.14. The molecule has 1 aromatic rings. The molecule has 2 rings (SSSR count). The lowest BCUT2D eigenvalue weighted by molar-refractivity contribution is 0.202. The van der Waals surface area contributed by atoms with Gasteiger partial charge in [0.15, 0.2) is 0 Å². The molecule has 0 aromatic heterocycles. The molecule has 1 saturated carbocycles. The zero-order valence-electron chi connectivity index (χ0n) is 10.0.